The molecule has 0 aliphatic rings. The molecule has 0 unspecified atom stereocenters. The monoisotopic (exact) mass is 205 g/mol. The molecule has 72 valence electrons. The van der Waals surface area contributed by atoms with Crippen LogP contribution in [0.25, 0.3) is 0 Å². The van der Waals surface area contributed by atoms with Crippen LogP contribution in [0.15, 0.2) is 17.0 Å². The number of rotatable bonds is 3. The van der Waals surface area contributed by atoms with Gasteiger partial charge in [-0.25, -0.2) is 14.3 Å². The van der Waals surface area contributed by atoms with Gasteiger partial charge < -0.3 is 5.21 Å². The minimum atomic E-state index is -0.599. The quantitative estimate of drug-likeness (QED) is 0.586. The van der Waals surface area contributed by atoms with Crippen LogP contribution >= 0.6 is 11.8 Å². The summed E-state index contributed by atoms with van der Waals surface area (Å²) in [6.07, 6.45) is 1.60. The summed E-state index contributed by atoms with van der Waals surface area (Å²) >= 11 is 1.02. The third-order valence-corrected chi connectivity index (χ3v) is 2.34. The minimum absolute atomic E-state index is 0.00156. The molecule has 1 rings (SSSR count). The van der Waals surface area contributed by atoms with Gasteiger partial charge in [0.15, 0.2) is 0 Å². The van der Waals surface area contributed by atoms with Crippen LogP contribution < -0.4 is 5.48 Å². The molecule has 0 atom stereocenters. The van der Waals surface area contributed by atoms with E-state index in [9.17, 15) is 8.78 Å². The van der Waals surface area contributed by atoms with Crippen molar-refractivity contribution in [3.63, 3.8) is 0 Å². The standard InChI is InChI=1S/C8H9F2NOS/c1-13-8-6(9)2-5(4-11-12)3-7(8)10/h2-3,11-12H,4H2,1H3. The Morgan fingerprint density at radius 1 is 1.38 bits per heavy atom. The van der Waals surface area contributed by atoms with Crippen molar-refractivity contribution in [3.8, 4) is 0 Å². The molecular weight excluding hydrogens is 196 g/mol. The Morgan fingerprint density at radius 3 is 2.31 bits per heavy atom. The lowest BCUT2D eigenvalue weighted by Gasteiger charge is -2.04. The van der Waals surface area contributed by atoms with Crippen LogP contribution in [0.3, 0.4) is 0 Å². The van der Waals surface area contributed by atoms with E-state index in [2.05, 4.69) is 0 Å². The van der Waals surface area contributed by atoms with Crippen LogP contribution in [0.2, 0.25) is 0 Å². The smallest absolute Gasteiger partial charge is 0.140 e. The Morgan fingerprint density at radius 2 is 1.92 bits per heavy atom. The molecule has 0 spiro atoms. The Bertz CT molecular complexity index is 283. The zero-order valence-corrected chi connectivity index (χ0v) is 7.79. The maximum Gasteiger partial charge on any atom is 0.140 e. The van der Waals surface area contributed by atoms with E-state index >= 15 is 0 Å². The summed E-state index contributed by atoms with van der Waals surface area (Å²) < 4.78 is 26.1. The average molecular weight is 205 g/mol. The van der Waals surface area contributed by atoms with Crippen molar-refractivity contribution in [2.75, 3.05) is 6.26 Å². The summed E-state index contributed by atoms with van der Waals surface area (Å²) in [5.41, 5.74) is 2.21. The van der Waals surface area contributed by atoms with Gasteiger partial charge in [0.25, 0.3) is 0 Å². The molecule has 0 bridgehead atoms. The van der Waals surface area contributed by atoms with Crippen LogP contribution in [0.5, 0.6) is 0 Å². The van der Waals surface area contributed by atoms with E-state index in [1.807, 2.05) is 5.48 Å². The minimum Gasteiger partial charge on any atom is -0.316 e. The summed E-state index contributed by atoms with van der Waals surface area (Å²) in [7, 11) is 0. The van der Waals surface area contributed by atoms with Crippen LogP contribution in [0.1, 0.15) is 5.56 Å². The van der Waals surface area contributed by atoms with E-state index < -0.39 is 11.6 Å². The number of halogens is 2. The molecule has 0 aromatic heterocycles. The lowest BCUT2D eigenvalue weighted by molar-refractivity contribution is 0.161. The second-order valence-corrected chi connectivity index (χ2v) is 3.24. The third kappa shape index (κ3) is 2.40. The lowest BCUT2D eigenvalue weighted by atomic mass is 10.2. The van der Waals surface area contributed by atoms with Gasteiger partial charge in [-0.05, 0) is 24.0 Å². The molecule has 0 aliphatic carbocycles. The predicted molar refractivity (Wildman–Crippen MR) is 46.8 cm³/mol. The van der Waals surface area contributed by atoms with E-state index in [4.69, 9.17) is 5.21 Å². The summed E-state index contributed by atoms with van der Waals surface area (Å²) in [6.45, 7) is 0.0303. The van der Waals surface area contributed by atoms with E-state index in [1.165, 1.54) is 12.1 Å². The molecule has 0 saturated carbocycles. The fraction of sp³-hybridized carbons (Fsp3) is 0.250. The molecule has 13 heavy (non-hydrogen) atoms. The maximum atomic E-state index is 13.1. The van der Waals surface area contributed by atoms with Gasteiger partial charge in [-0.1, -0.05) is 0 Å². The Labute approximate surface area is 78.9 Å². The Balaban J connectivity index is 3.05. The molecule has 0 fully saturated rings. The van der Waals surface area contributed by atoms with Crippen LogP contribution in [0, 0.1) is 11.6 Å². The van der Waals surface area contributed by atoms with Gasteiger partial charge in [0.1, 0.15) is 11.6 Å². The molecular formula is C8H9F2NOS. The summed E-state index contributed by atoms with van der Waals surface area (Å²) in [5.74, 6) is -1.20. The molecule has 1 aromatic carbocycles. The number of thioether (sulfide) groups is 1. The van der Waals surface area contributed by atoms with Crippen LogP contribution in [0.4, 0.5) is 8.78 Å². The fourth-order valence-corrected chi connectivity index (χ4v) is 1.51. The first-order valence-electron chi connectivity index (χ1n) is 3.58. The molecule has 5 heteroatoms. The number of hydrogen-bond donors (Lipinski definition) is 2. The van der Waals surface area contributed by atoms with E-state index in [0.29, 0.717) is 5.56 Å². The predicted octanol–water partition coefficient (Wildman–Crippen LogP) is 2.17. The van der Waals surface area contributed by atoms with Crippen molar-refractivity contribution in [2.45, 2.75) is 11.4 Å². The first kappa shape index (κ1) is 10.4. The molecule has 2 N–H and O–H groups in total. The zero-order valence-electron chi connectivity index (χ0n) is 6.97. The molecule has 0 amide bonds. The maximum absolute atomic E-state index is 13.1. The first-order valence-corrected chi connectivity index (χ1v) is 4.80. The average Bonchev–Trinajstić information content (AvgIpc) is 2.04. The van der Waals surface area contributed by atoms with Gasteiger partial charge in [-0.3, -0.25) is 0 Å². The van der Waals surface area contributed by atoms with Crippen LogP contribution in [-0.2, 0) is 6.54 Å². The largest absolute Gasteiger partial charge is 0.316 e. The van der Waals surface area contributed by atoms with Crippen molar-refractivity contribution in [1.29, 1.82) is 0 Å². The Kier molecular flexibility index (Phi) is 3.65. The second kappa shape index (κ2) is 4.55. The Hall–Kier alpha value is -0.650. The second-order valence-electron chi connectivity index (χ2n) is 2.43. The number of benzene rings is 1. The van der Waals surface area contributed by atoms with E-state index in [-0.39, 0.29) is 11.4 Å². The van der Waals surface area contributed by atoms with Gasteiger partial charge in [0.05, 0.1) is 4.90 Å². The van der Waals surface area contributed by atoms with Crippen LogP contribution in [-0.4, -0.2) is 11.5 Å². The van der Waals surface area contributed by atoms with Gasteiger partial charge in [0.2, 0.25) is 0 Å². The fourth-order valence-electron chi connectivity index (χ4n) is 1.00. The SMILES string of the molecule is CSc1c(F)cc(CNO)cc1F. The summed E-state index contributed by atoms with van der Waals surface area (Å²) in [6, 6.07) is 2.39. The summed E-state index contributed by atoms with van der Waals surface area (Å²) in [4.78, 5) is 0.00156. The van der Waals surface area contributed by atoms with Gasteiger partial charge in [-0.2, -0.15) is 0 Å². The highest BCUT2D eigenvalue weighted by Crippen LogP contribution is 2.23. The molecule has 1 aromatic rings. The van der Waals surface area contributed by atoms with Gasteiger partial charge in [-0.15, -0.1) is 11.8 Å². The number of hydrogen-bond acceptors (Lipinski definition) is 3. The molecule has 0 saturated heterocycles. The highest BCUT2D eigenvalue weighted by atomic mass is 32.2. The van der Waals surface area contributed by atoms with E-state index in [1.54, 1.807) is 6.26 Å². The van der Waals surface area contributed by atoms with Crippen molar-refractivity contribution >= 4 is 11.8 Å². The summed E-state index contributed by atoms with van der Waals surface area (Å²) in [5, 5.41) is 8.33. The first-order chi connectivity index (χ1) is 6.19. The normalized spacial score (nSPS) is 10.5. The highest BCUT2D eigenvalue weighted by molar-refractivity contribution is 7.98. The molecule has 0 heterocycles. The van der Waals surface area contributed by atoms with Gasteiger partial charge >= 0.3 is 0 Å². The van der Waals surface area contributed by atoms with Crippen molar-refractivity contribution in [2.24, 2.45) is 0 Å². The molecule has 0 aliphatic heterocycles. The van der Waals surface area contributed by atoms with Crippen molar-refractivity contribution in [1.82, 2.24) is 5.48 Å². The molecule has 0 radical (unpaired) electrons. The topological polar surface area (TPSA) is 32.3 Å². The van der Waals surface area contributed by atoms with E-state index in [0.717, 1.165) is 11.8 Å². The van der Waals surface area contributed by atoms with Crippen molar-refractivity contribution in [3.05, 3.63) is 29.3 Å². The third-order valence-electron chi connectivity index (χ3n) is 1.55. The lowest BCUT2D eigenvalue weighted by Crippen LogP contribution is -2.07. The van der Waals surface area contributed by atoms with Gasteiger partial charge in [0, 0.05) is 6.54 Å². The highest BCUT2D eigenvalue weighted by Gasteiger charge is 2.09. The number of hydroxylamine groups is 1. The zero-order chi connectivity index (χ0) is 9.84. The molecule has 2 nitrogen and oxygen atoms in total. The number of nitrogens with one attached hydrogen (secondary N) is 1. The van der Waals surface area contributed by atoms with Crippen molar-refractivity contribution < 1.29 is 14.0 Å².